The molecule has 2 heterocycles. The third kappa shape index (κ3) is 3.14. The number of aryl methyl sites for hydroxylation is 1. The summed E-state index contributed by atoms with van der Waals surface area (Å²) in [5.74, 6) is 2.36. The Bertz CT molecular complexity index is 1030. The van der Waals surface area contributed by atoms with Crippen molar-refractivity contribution < 1.29 is 13.9 Å². The van der Waals surface area contributed by atoms with E-state index in [1.165, 1.54) is 0 Å². The third-order valence-electron chi connectivity index (χ3n) is 5.58. The van der Waals surface area contributed by atoms with Crippen molar-refractivity contribution in [3.63, 3.8) is 0 Å². The molecule has 0 bridgehead atoms. The molecule has 0 aliphatic carbocycles. The molecular formula is C22H25N3O3. The number of carbonyl (C=O) groups excluding carboxylic acids is 1. The first kappa shape index (κ1) is 18.5. The van der Waals surface area contributed by atoms with E-state index in [0.29, 0.717) is 12.4 Å². The second-order valence-electron chi connectivity index (χ2n) is 7.29. The number of hydrogen-bond donors (Lipinski definition) is 0. The summed E-state index contributed by atoms with van der Waals surface area (Å²) in [6, 6.07) is 11.8. The molecule has 1 aromatic heterocycles. The van der Waals surface area contributed by atoms with Crippen LogP contribution in [0.3, 0.4) is 0 Å². The fourth-order valence-corrected chi connectivity index (χ4v) is 3.79. The molecule has 0 spiro atoms. The fraction of sp³-hybridized carbons (Fsp3) is 0.364. The highest BCUT2D eigenvalue weighted by Crippen LogP contribution is 2.34. The standard InChI is InChI=1S/C22H25N3O3/c1-14-22(26)24(3)11-12-25(14)13-19-15(2)28-21(23-19)18-9-10-20(27-4)17-8-6-5-7-16(17)18/h5-10,14H,11-13H2,1-4H3/t14-/m0/s1. The van der Waals surface area contributed by atoms with E-state index in [1.54, 1.807) is 12.0 Å². The van der Waals surface area contributed by atoms with Crippen LogP contribution in [0, 0.1) is 6.92 Å². The zero-order valence-corrected chi connectivity index (χ0v) is 16.7. The van der Waals surface area contributed by atoms with Crippen molar-refractivity contribution in [1.29, 1.82) is 0 Å². The molecule has 1 atom stereocenters. The van der Waals surface area contributed by atoms with E-state index in [4.69, 9.17) is 14.1 Å². The number of ether oxygens (including phenoxy) is 1. The number of rotatable bonds is 4. The summed E-state index contributed by atoms with van der Waals surface area (Å²) in [4.78, 5) is 21.0. The lowest BCUT2D eigenvalue weighted by Crippen LogP contribution is -2.53. The van der Waals surface area contributed by atoms with Crippen molar-refractivity contribution in [1.82, 2.24) is 14.8 Å². The van der Waals surface area contributed by atoms with Crippen molar-refractivity contribution in [2.75, 3.05) is 27.2 Å². The van der Waals surface area contributed by atoms with Crippen molar-refractivity contribution in [3.8, 4) is 17.2 Å². The minimum atomic E-state index is -0.153. The lowest BCUT2D eigenvalue weighted by atomic mass is 10.0. The molecule has 0 unspecified atom stereocenters. The second-order valence-corrected chi connectivity index (χ2v) is 7.29. The maximum absolute atomic E-state index is 12.3. The molecule has 1 amide bonds. The Balaban J connectivity index is 1.67. The number of carbonyl (C=O) groups is 1. The number of fused-ring (bicyclic) bond motifs is 1. The van der Waals surface area contributed by atoms with Crippen molar-refractivity contribution in [2.45, 2.75) is 26.4 Å². The van der Waals surface area contributed by atoms with Crippen LogP contribution in [0.15, 0.2) is 40.8 Å². The molecule has 0 N–H and O–H groups in total. The van der Waals surface area contributed by atoms with Crippen LogP contribution in [0.25, 0.3) is 22.2 Å². The van der Waals surface area contributed by atoms with Crippen molar-refractivity contribution in [2.24, 2.45) is 0 Å². The van der Waals surface area contributed by atoms with Gasteiger partial charge in [0.1, 0.15) is 11.5 Å². The van der Waals surface area contributed by atoms with Gasteiger partial charge >= 0.3 is 0 Å². The van der Waals surface area contributed by atoms with Gasteiger partial charge in [0.25, 0.3) is 0 Å². The molecule has 0 radical (unpaired) electrons. The van der Waals surface area contributed by atoms with Crippen LogP contribution in [0.2, 0.25) is 0 Å². The van der Waals surface area contributed by atoms with Gasteiger partial charge in [-0.2, -0.15) is 0 Å². The average Bonchev–Trinajstić information content (AvgIpc) is 3.07. The number of oxazole rings is 1. The highest BCUT2D eigenvalue weighted by molar-refractivity contribution is 5.98. The van der Waals surface area contributed by atoms with Gasteiger partial charge < -0.3 is 14.1 Å². The van der Waals surface area contributed by atoms with Crippen LogP contribution >= 0.6 is 0 Å². The van der Waals surface area contributed by atoms with E-state index in [-0.39, 0.29) is 11.9 Å². The quantitative estimate of drug-likeness (QED) is 0.695. The Labute approximate surface area is 164 Å². The summed E-state index contributed by atoms with van der Waals surface area (Å²) >= 11 is 0. The molecule has 146 valence electrons. The van der Waals surface area contributed by atoms with Gasteiger partial charge in [0, 0.05) is 37.6 Å². The smallest absolute Gasteiger partial charge is 0.239 e. The van der Waals surface area contributed by atoms with E-state index in [0.717, 1.165) is 46.6 Å². The lowest BCUT2D eigenvalue weighted by molar-refractivity contribution is -0.139. The van der Waals surface area contributed by atoms with E-state index in [2.05, 4.69) is 4.90 Å². The topological polar surface area (TPSA) is 58.8 Å². The summed E-state index contributed by atoms with van der Waals surface area (Å²) in [5.41, 5.74) is 1.81. The number of benzene rings is 2. The van der Waals surface area contributed by atoms with Gasteiger partial charge in [-0.3, -0.25) is 9.69 Å². The summed E-state index contributed by atoms with van der Waals surface area (Å²) < 4.78 is 11.5. The number of aromatic nitrogens is 1. The number of nitrogens with zero attached hydrogens (tertiary/aromatic N) is 3. The van der Waals surface area contributed by atoms with E-state index >= 15 is 0 Å². The van der Waals surface area contributed by atoms with Crippen molar-refractivity contribution in [3.05, 3.63) is 47.9 Å². The molecule has 1 aliphatic heterocycles. The van der Waals surface area contributed by atoms with Gasteiger partial charge in [-0.1, -0.05) is 24.3 Å². The Morgan fingerprint density at radius 1 is 1.18 bits per heavy atom. The van der Waals surface area contributed by atoms with E-state index in [9.17, 15) is 4.79 Å². The first-order chi connectivity index (χ1) is 13.5. The summed E-state index contributed by atoms with van der Waals surface area (Å²) in [7, 11) is 3.53. The van der Waals surface area contributed by atoms with Gasteiger partial charge in [-0.25, -0.2) is 4.98 Å². The Hall–Kier alpha value is -2.86. The third-order valence-corrected chi connectivity index (χ3v) is 5.58. The van der Waals surface area contributed by atoms with Gasteiger partial charge in [0.15, 0.2) is 0 Å². The maximum atomic E-state index is 12.3. The molecule has 1 saturated heterocycles. The molecule has 4 rings (SSSR count). The predicted octanol–water partition coefficient (Wildman–Crippen LogP) is 3.47. The monoisotopic (exact) mass is 379 g/mol. The van der Waals surface area contributed by atoms with Gasteiger partial charge in [0.05, 0.1) is 18.8 Å². The van der Waals surface area contributed by atoms with Gasteiger partial charge in [0.2, 0.25) is 11.8 Å². The molecule has 1 fully saturated rings. The predicted molar refractivity (Wildman–Crippen MR) is 108 cm³/mol. The zero-order valence-electron chi connectivity index (χ0n) is 16.7. The van der Waals surface area contributed by atoms with Crippen molar-refractivity contribution >= 4 is 16.7 Å². The van der Waals surface area contributed by atoms with Crippen LogP contribution < -0.4 is 4.74 Å². The van der Waals surface area contributed by atoms with Gasteiger partial charge in [-0.15, -0.1) is 0 Å². The number of methoxy groups -OCH3 is 1. The molecular weight excluding hydrogens is 354 g/mol. The minimum Gasteiger partial charge on any atom is -0.496 e. The zero-order chi connectivity index (χ0) is 19.8. The van der Waals surface area contributed by atoms with E-state index in [1.807, 2.05) is 57.3 Å². The summed E-state index contributed by atoms with van der Waals surface area (Å²) in [6.07, 6.45) is 0. The van der Waals surface area contributed by atoms with Crippen LogP contribution in [-0.4, -0.2) is 54.0 Å². The van der Waals surface area contributed by atoms with Crippen LogP contribution in [0.5, 0.6) is 5.75 Å². The van der Waals surface area contributed by atoms with Crippen LogP contribution in [0.1, 0.15) is 18.4 Å². The largest absolute Gasteiger partial charge is 0.496 e. The van der Waals surface area contributed by atoms with Gasteiger partial charge in [-0.05, 0) is 31.4 Å². The summed E-state index contributed by atoms with van der Waals surface area (Å²) in [6.45, 7) is 6.04. The highest BCUT2D eigenvalue weighted by Gasteiger charge is 2.30. The molecule has 1 aliphatic rings. The lowest BCUT2D eigenvalue weighted by Gasteiger charge is -2.36. The Morgan fingerprint density at radius 3 is 2.68 bits per heavy atom. The first-order valence-corrected chi connectivity index (χ1v) is 9.51. The SMILES string of the molecule is COc1ccc(-c2nc(CN3CCN(C)C(=O)[C@@H]3C)c(C)o2)c2ccccc12. The normalized spacial score (nSPS) is 18.1. The second kappa shape index (κ2) is 7.28. The molecule has 6 heteroatoms. The number of likely N-dealkylation sites (N-methyl/N-ethyl adjacent to an activating group) is 1. The molecule has 2 aromatic carbocycles. The van der Waals surface area contributed by atoms with Crippen LogP contribution in [-0.2, 0) is 11.3 Å². The van der Waals surface area contributed by atoms with Crippen LogP contribution in [0.4, 0.5) is 0 Å². The van der Waals surface area contributed by atoms with E-state index < -0.39 is 0 Å². The first-order valence-electron chi connectivity index (χ1n) is 9.51. The summed E-state index contributed by atoms with van der Waals surface area (Å²) in [5, 5.41) is 2.07. The molecule has 0 saturated carbocycles. The number of hydrogen-bond acceptors (Lipinski definition) is 5. The molecule has 3 aromatic rings. The molecule has 6 nitrogen and oxygen atoms in total. The highest BCUT2D eigenvalue weighted by atomic mass is 16.5. The minimum absolute atomic E-state index is 0.147. The number of piperazine rings is 1. The molecule has 28 heavy (non-hydrogen) atoms. The Morgan fingerprint density at radius 2 is 1.93 bits per heavy atom. The Kier molecular flexibility index (Phi) is 4.81. The fourth-order valence-electron chi connectivity index (χ4n) is 3.79. The maximum Gasteiger partial charge on any atom is 0.239 e. The average molecular weight is 379 g/mol. The number of amides is 1.